The molecule has 4 heterocycles. The van der Waals surface area contributed by atoms with Crippen LogP contribution in [0.25, 0.3) is 33.5 Å². The second-order valence-corrected chi connectivity index (χ2v) is 13.4. The molecule has 1 fully saturated rings. The number of methoxy groups -OCH3 is 1. The molecule has 0 aliphatic carbocycles. The number of piperidine rings is 1. The molecule has 45 heavy (non-hydrogen) atoms. The summed E-state index contributed by atoms with van der Waals surface area (Å²) in [5.74, 6) is 1.04. The molecule has 0 saturated carbocycles. The van der Waals surface area contributed by atoms with Crippen LogP contribution in [0.4, 0.5) is 4.39 Å². The summed E-state index contributed by atoms with van der Waals surface area (Å²) >= 11 is 0. The average molecular weight is 617 g/mol. The second-order valence-electron chi connectivity index (χ2n) is 13.4. The molecule has 10 heteroatoms. The molecule has 2 aliphatic heterocycles. The van der Waals surface area contributed by atoms with Gasteiger partial charge in [0.2, 0.25) is 5.91 Å². The van der Waals surface area contributed by atoms with Gasteiger partial charge in [0.15, 0.2) is 5.82 Å². The van der Waals surface area contributed by atoms with Gasteiger partial charge in [-0.1, -0.05) is 45.2 Å². The number of nitrogens with zero attached hydrogens (tertiary/aromatic N) is 3. The van der Waals surface area contributed by atoms with Crippen molar-refractivity contribution in [2.24, 2.45) is 12.5 Å². The Kier molecular flexibility index (Phi) is 8.61. The Labute approximate surface area is 263 Å². The molecule has 1 saturated heterocycles. The average Bonchev–Trinajstić information content (AvgIpc) is 3.55. The van der Waals surface area contributed by atoms with Crippen LogP contribution in [0.2, 0.25) is 0 Å². The highest BCUT2D eigenvalue weighted by molar-refractivity contribution is 6.00. The molecule has 6 rings (SSSR count). The maximum atomic E-state index is 14.5. The van der Waals surface area contributed by atoms with Crippen LogP contribution in [0.15, 0.2) is 36.4 Å². The normalized spacial score (nSPS) is 22.7. The van der Waals surface area contributed by atoms with Crippen LogP contribution < -0.4 is 20.7 Å². The molecule has 3 N–H and O–H groups in total. The highest BCUT2D eigenvalue weighted by Gasteiger charge is 2.30. The number of imidazole rings is 1. The Morgan fingerprint density at radius 3 is 2.71 bits per heavy atom. The fraction of sp³-hybridized carbons (Fsp3) is 0.514. The zero-order valence-electron chi connectivity index (χ0n) is 27.0. The number of carbonyl (C=O) groups is 2. The third kappa shape index (κ3) is 6.04. The number of rotatable bonds is 4. The highest BCUT2D eigenvalue weighted by atomic mass is 19.1. The number of aromatic nitrogens is 3. The van der Waals surface area contributed by atoms with Gasteiger partial charge in [0, 0.05) is 42.0 Å². The molecular formula is C35H45FN6O3. The molecule has 2 aliphatic rings. The summed E-state index contributed by atoms with van der Waals surface area (Å²) in [5.41, 5.74) is 4.53. The summed E-state index contributed by atoms with van der Waals surface area (Å²) in [7, 11) is 3.55. The number of fused-ring (bicyclic) bond motifs is 2. The van der Waals surface area contributed by atoms with Gasteiger partial charge in [0.25, 0.3) is 5.91 Å². The molecule has 9 nitrogen and oxygen atoms in total. The largest absolute Gasteiger partial charge is 0.494 e. The van der Waals surface area contributed by atoms with Crippen LogP contribution >= 0.6 is 0 Å². The topological polar surface area (TPSA) is 102 Å². The van der Waals surface area contributed by atoms with Gasteiger partial charge in [-0.3, -0.25) is 9.59 Å². The van der Waals surface area contributed by atoms with Crippen LogP contribution in [0.5, 0.6) is 5.75 Å². The molecule has 0 unspecified atom stereocenters. The zero-order valence-corrected chi connectivity index (χ0v) is 27.0. The highest BCUT2D eigenvalue weighted by Crippen LogP contribution is 2.36. The molecule has 4 aromatic rings. The second kappa shape index (κ2) is 12.5. The molecule has 0 spiro atoms. The fourth-order valence-electron chi connectivity index (χ4n) is 6.79. The lowest BCUT2D eigenvalue weighted by Crippen LogP contribution is -2.52. The van der Waals surface area contributed by atoms with Gasteiger partial charge in [0.05, 0.1) is 30.4 Å². The number of carbonyl (C=O) groups excluding carboxylic acids is 2. The summed E-state index contributed by atoms with van der Waals surface area (Å²) in [6.45, 7) is 7.96. The van der Waals surface area contributed by atoms with Crippen molar-refractivity contribution in [2.75, 3.05) is 20.2 Å². The van der Waals surface area contributed by atoms with E-state index < -0.39 is 17.6 Å². The van der Waals surface area contributed by atoms with Gasteiger partial charge in [-0.15, -0.1) is 0 Å². The predicted octanol–water partition coefficient (Wildman–Crippen LogP) is 5.80. The Balaban J connectivity index is 1.41. The summed E-state index contributed by atoms with van der Waals surface area (Å²) < 4.78 is 24.6. The molecule has 3 atom stereocenters. The van der Waals surface area contributed by atoms with E-state index in [0.29, 0.717) is 36.3 Å². The number of aryl methyl sites for hydroxylation is 2. The zero-order chi connectivity index (χ0) is 31.9. The molecule has 2 aromatic carbocycles. The van der Waals surface area contributed by atoms with Gasteiger partial charge >= 0.3 is 0 Å². The molecule has 0 radical (unpaired) electrons. The summed E-state index contributed by atoms with van der Waals surface area (Å²) in [5, 5.41) is 10.3. The first kappa shape index (κ1) is 31.1. The first-order valence-corrected chi connectivity index (χ1v) is 16.2. The minimum atomic E-state index is -1.08. The van der Waals surface area contributed by atoms with Crippen molar-refractivity contribution in [1.82, 2.24) is 30.1 Å². The smallest absolute Gasteiger partial charge is 0.251 e. The van der Waals surface area contributed by atoms with Crippen LogP contribution in [-0.4, -0.2) is 58.3 Å². The fourth-order valence-corrected chi connectivity index (χ4v) is 6.79. The number of ether oxygens (including phenoxy) is 1. The monoisotopic (exact) mass is 616 g/mol. The molecule has 2 amide bonds. The number of hydrogen-bond donors (Lipinski definition) is 3. The van der Waals surface area contributed by atoms with E-state index in [0.717, 1.165) is 72.2 Å². The maximum Gasteiger partial charge on any atom is 0.251 e. The SMILES string of the molecule is COc1cc(C(=O)N[C@H]2CNCC[C@@H]2F)cc2nc(-c3cc4ccc5cc4n3CCCCCCC(C)(C)C(=O)N[C@@H]5C)n(C)c12. The van der Waals surface area contributed by atoms with Crippen LogP contribution in [0.1, 0.15) is 81.3 Å². The van der Waals surface area contributed by atoms with Crippen molar-refractivity contribution in [1.29, 1.82) is 0 Å². The minimum Gasteiger partial charge on any atom is -0.494 e. The van der Waals surface area contributed by atoms with Crippen LogP contribution in [-0.2, 0) is 18.4 Å². The van der Waals surface area contributed by atoms with Crippen molar-refractivity contribution in [3.05, 3.63) is 47.5 Å². The Morgan fingerprint density at radius 1 is 1.13 bits per heavy atom. The van der Waals surface area contributed by atoms with E-state index in [-0.39, 0.29) is 17.9 Å². The Bertz CT molecular complexity index is 1740. The summed E-state index contributed by atoms with van der Waals surface area (Å²) in [4.78, 5) is 31.4. The third-order valence-corrected chi connectivity index (χ3v) is 9.68. The Hall–Kier alpha value is -3.92. The van der Waals surface area contributed by atoms with E-state index in [1.807, 2.05) is 32.4 Å². The van der Waals surface area contributed by atoms with Gasteiger partial charge in [-0.2, -0.15) is 0 Å². The van der Waals surface area contributed by atoms with Gasteiger partial charge in [-0.25, -0.2) is 9.37 Å². The Morgan fingerprint density at radius 2 is 1.93 bits per heavy atom. The number of halogens is 1. The quantitative estimate of drug-likeness (QED) is 0.269. The standard InChI is InChI=1S/C35H45FN6O3/c1-21-22-10-11-23-18-29(42(28(23)17-22)15-9-7-6-8-13-35(2,3)34(44)38-21)32-39-26-16-24(19-30(45-5)31(26)41(32)4)33(43)40-27-20-37-14-12-25(27)36/h10-11,16-19,21,25,27,37H,6-9,12-15,20H2,1-5H3,(H,38,44)(H,40,43)/t21-,25+,27+/m1/s1. The summed E-state index contributed by atoms with van der Waals surface area (Å²) in [6, 6.07) is 11.3. The minimum absolute atomic E-state index is 0.0878. The maximum absolute atomic E-state index is 14.5. The van der Waals surface area contributed by atoms with Gasteiger partial charge < -0.3 is 29.8 Å². The lowest BCUT2D eigenvalue weighted by atomic mass is 9.85. The van der Waals surface area contributed by atoms with Crippen molar-refractivity contribution in [3.63, 3.8) is 0 Å². The molecule has 2 bridgehead atoms. The van der Waals surface area contributed by atoms with Gasteiger partial charge in [0.1, 0.15) is 17.4 Å². The van der Waals surface area contributed by atoms with E-state index in [9.17, 15) is 14.0 Å². The van der Waals surface area contributed by atoms with Crippen molar-refractivity contribution >= 4 is 33.8 Å². The third-order valence-electron chi connectivity index (χ3n) is 9.68. The van der Waals surface area contributed by atoms with E-state index in [4.69, 9.17) is 9.72 Å². The molecular weight excluding hydrogens is 571 g/mol. The van der Waals surface area contributed by atoms with Gasteiger partial charge in [-0.05, 0) is 62.6 Å². The molecule has 2 aromatic heterocycles. The van der Waals surface area contributed by atoms with E-state index in [2.05, 4.69) is 44.8 Å². The van der Waals surface area contributed by atoms with Crippen LogP contribution in [0.3, 0.4) is 0 Å². The number of hydrogen-bond acceptors (Lipinski definition) is 5. The number of amides is 2. The number of alkyl halides is 1. The van der Waals surface area contributed by atoms with Crippen molar-refractivity contribution < 1.29 is 18.7 Å². The number of benzene rings is 2. The van der Waals surface area contributed by atoms with E-state index in [1.54, 1.807) is 19.2 Å². The molecule has 240 valence electrons. The van der Waals surface area contributed by atoms with Crippen molar-refractivity contribution in [3.8, 4) is 17.3 Å². The first-order chi connectivity index (χ1) is 21.6. The predicted molar refractivity (Wildman–Crippen MR) is 175 cm³/mol. The lowest BCUT2D eigenvalue weighted by molar-refractivity contribution is -0.130. The lowest BCUT2D eigenvalue weighted by Gasteiger charge is -2.27. The first-order valence-electron chi connectivity index (χ1n) is 16.2. The van der Waals surface area contributed by atoms with E-state index >= 15 is 0 Å². The van der Waals surface area contributed by atoms with E-state index in [1.165, 1.54) is 0 Å². The van der Waals surface area contributed by atoms with Crippen LogP contribution in [0, 0.1) is 5.41 Å². The number of nitrogens with one attached hydrogen (secondary N) is 3. The van der Waals surface area contributed by atoms with Crippen molar-refractivity contribution in [2.45, 2.75) is 84.1 Å². The summed E-state index contributed by atoms with van der Waals surface area (Å²) in [6.07, 6.45) is 4.30.